The highest BCUT2D eigenvalue weighted by molar-refractivity contribution is 7.98. The van der Waals surface area contributed by atoms with Crippen LogP contribution in [-0.4, -0.2) is 22.1 Å². The molecule has 2 aromatic heterocycles. The van der Waals surface area contributed by atoms with Gasteiger partial charge in [-0.2, -0.15) is 0 Å². The smallest absolute Gasteiger partial charge is 0.259 e. The maximum atomic E-state index is 12.1. The number of nitrogens with zero attached hydrogens (tertiary/aromatic N) is 2. The number of hydrogen-bond acceptors (Lipinski definition) is 5. The van der Waals surface area contributed by atoms with Crippen molar-refractivity contribution in [3.8, 4) is 0 Å². The van der Waals surface area contributed by atoms with Gasteiger partial charge < -0.3 is 0 Å². The van der Waals surface area contributed by atoms with Gasteiger partial charge in [-0.05, 0) is 30.5 Å². The van der Waals surface area contributed by atoms with Crippen LogP contribution in [0, 0.1) is 0 Å². The Morgan fingerprint density at radius 2 is 2.20 bits per heavy atom. The number of thiazole rings is 1. The third-order valence-corrected chi connectivity index (χ3v) is 4.45. The zero-order valence-electron chi connectivity index (χ0n) is 10.7. The highest BCUT2D eigenvalue weighted by Gasteiger charge is 2.11. The second kappa shape index (κ2) is 5.60. The molecule has 1 N–H and O–H groups in total. The van der Waals surface area contributed by atoms with Crippen LogP contribution < -0.4 is 5.32 Å². The number of fused-ring (bicyclic) bond motifs is 1. The van der Waals surface area contributed by atoms with Crippen LogP contribution in [0.1, 0.15) is 10.4 Å². The summed E-state index contributed by atoms with van der Waals surface area (Å²) in [6, 6.07) is 9.49. The fourth-order valence-corrected chi connectivity index (χ4v) is 3.32. The minimum absolute atomic E-state index is 0.192. The lowest BCUT2D eigenvalue weighted by Gasteiger charge is -1.99. The predicted molar refractivity (Wildman–Crippen MR) is 83.6 cm³/mol. The Balaban J connectivity index is 1.90. The molecule has 3 aromatic rings. The van der Waals surface area contributed by atoms with Gasteiger partial charge in [0.05, 0.1) is 15.8 Å². The number of thioether (sulfide) groups is 1. The molecule has 0 aliphatic carbocycles. The molecule has 1 aromatic carbocycles. The van der Waals surface area contributed by atoms with Gasteiger partial charge in [-0.1, -0.05) is 17.4 Å². The van der Waals surface area contributed by atoms with Gasteiger partial charge in [0.15, 0.2) is 5.13 Å². The summed E-state index contributed by atoms with van der Waals surface area (Å²) in [4.78, 5) is 21.6. The molecule has 0 spiro atoms. The minimum atomic E-state index is -0.192. The summed E-state index contributed by atoms with van der Waals surface area (Å²) >= 11 is 3.12. The summed E-state index contributed by atoms with van der Waals surface area (Å²) in [5.74, 6) is -0.192. The van der Waals surface area contributed by atoms with Crippen LogP contribution in [0.2, 0.25) is 0 Å². The van der Waals surface area contributed by atoms with Crippen LogP contribution in [-0.2, 0) is 0 Å². The molecule has 2 heterocycles. The molecule has 0 saturated heterocycles. The number of anilines is 1. The molecule has 1 amide bonds. The molecule has 0 radical (unpaired) electrons. The van der Waals surface area contributed by atoms with E-state index in [1.807, 2.05) is 24.5 Å². The van der Waals surface area contributed by atoms with E-state index in [1.54, 1.807) is 30.1 Å². The average Bonchev–Trinajstić information content (AvgIpc) is 2.90. The molecule has 100 valence electrons. The highest BCUT2D eigenvalue weighted by Crippen LogP contribution is 2.32. The van der Waals surface area contributed by atoms with Crippen molar-refractivity contribution in [3.63, 3.8) is 0 Å². The number of benzene rings is 1. The lowest BCUT2D eigenvalue weighted by atomic mass is 10.3. The van der Waals surface area contributed by atoms with E-state index < -0.39 is 0 Å². The maximum absolute atomic E-state index is 12.1. The molecule has 3 rings (SSSR count). The third kappa shape index (κ3) is 2.52. The summed E-state index contributed by atoms with van der Waals surface area (Å²) in [5, 5.41) is 3.42. The Morgan fingerprint density at radius 3 is 2.95 bits per heavy atom. The zero-order chi connectivity index (χ0) is 13.9. The number of amides is 1. The number of para-hydroxylation sites is 1. The van der Waals surface area contributed by atoms with Crippen molar-refractivity contribution in [2.45, 2.75) is 4.90 Å². The Hall–Kier alpha value is -1.92. The van der Waals surface area contributed by atoms with Crippen LogP contribution in [0.4, 0.5) is 5.13 Å². The zero-order valence-corrected chi connectivity index (χ0v) is 12.3. The van der Waals surface area contributed by atoms with Crippen molar-refractivity contribution < 1.29 is 4.79 Å². The number of aromatic nitrogens is 2. The van der Waals surface area contributed by atoms with Gasteiger partial charge in [0.1, 0.15) is 0 Å². The van der Waals surface area contributed by atoms with Crippen molar-refractivity contribution in [1.82, 2.24) is 9.97 Å². The van der Waals surface area contributed by atoms with E-state index in [0.717, 1.165) is 15.1 Å². The van der Waals surface area contributed by atoms with E-state index >= 15 is 0 Å². The molecular weight excluding hydrogens is 290 g/mol. The first kappa shape index (κ1) is 13.1. The monoisotopic (exact) mass is 301 g/mol. The van der Waals surface area contributed by atoms with Crippen molar-refractivity contribution in [3.05, 3.63) is 48.3 Å². The maximum Gasteiger partial charge on any atom is 0.259 e. The lowest BCUT2D eigenvalue weighted by molar-refractivity contribution is 0.102. The van der Waals surface area contributed by atoms with Gasteiger partial charge >= 0.3 is 0 Å². The van der Waals surface area contributed by atoms with Gasteiger partial charge in [-0.25, -0.2) is 4.98 Å². The lowest BCUT2D eigenvalue weighted by Crippen LogP contribution is -2.11. The first-order chi connectivity index (χ1) is 9.78. The van der Waals surface area contributed by atoms with Crippen molar-refractivity contribution in [1.29, 1.82) is 0 Å². The van der Waals surface area contributed by atoms with Crippen molar-refractivity contribution in [2.24, 2.45) is 0 Å². The van der Waals surface area contributed by atoms with E-state index in [-0.39, 0.29) is 5.91 Å². The number of carbonyl (C=O) groups excluding carboxylic acids is 1. The topological polar surface area (TPSA) is 54.9 Å². The van der Waals surface area contributed by atoms with E-state index in [2.05, 4.69) is 15.3 Å². The van der Waals surface area contributed by atoms with Gasteiger partial charge in [0, 0.05) is 17.3 Å². The number of pyridine rings is 1. The van der Waals surface area contributed by atoms with E-state index in [9.17, 15) is 4.79 Å². The Morgan fingerprint density at radius 1 is 1.30 bits per heavy atom. The fraction of sp³-hybridized carbons (Fsp3) is 0.0714. The van der Waals surface area contributed by atoms with Gasteiger partial charge in [0.25, 0.3) is 5.91 Å². The SMILES string of the molecule is CSc1cccc2sc(NC(=O)c3cccnc3)nc12. The molecule has 0 saturated carbocycles. The standard InChI is InChI=1S/C14H11N3OS2/c1-19-10-5-2-6-11-12(10)16-14(20-11)17-13(18)9-4-3-7-15-8-9/h2-8H,1H3,(H,16,17,18). The average molecular weight is 301 g/mol. The molecule has 0 bridgehead atoms. The molecule has 20 heavy (non-hydrogen) atoms. The summed E-state index contributed by atoms with van der Waals surface area (Å²) < 4.78 is 1.07. The molecule has 6 heteroatoms. The van der Waals surface area contributed by atoms with E-state index in [1.165, 1.54) is 17.5 Å². The summed E-state index contributed by atoms with van der Waals surface area (Å²) in [7, 11) is 0. The van der Waals surface area contributed by atoms with Crippen LogP contribution in [0.25, 0.3) is 10.2 Å². The van der Waals surface area contributed by atoms with Crippen molar-refractivity contribution >= 4 is 44.4 Å². The van der Waals surface area contributed by atoms with Gasteiger partial charge in [0.2, 0.25) is 0 Å². The molecule has 0 aliphatic rings. The fourth-order valence-electron chi connectivity index (χ4n) is 1.81. The number of carbonyl (C=O) groups is 1. The Bertz CT molecular complexity index is 755. The van der Waals surface area contributed by atoms with Gasteiger partial charge in [-0.15, -0.1) is 11.8 Å². The first-order valence-electron chi connectivity index (χ1n) is 5.93. The summed E-state index contributed by atoms with van der Waals surface area (Å²) in [5.41, 5.74) is 1.46. The van der Waals surface area contributed by atoms with Crippen LogP contribution >= 0.6 is 23.1 Å². The highest BCUT2D eigenvalue weighted by atomic mass is 32.2. The molecular formula is C14H11N3OS2. The molecule has 0 aliphatic heterocycles. The molecule has 4 nitrogen and oxygen atoms in total. The molecule has 0 unspecified atom stereocenters. The van der Waals surface area contributed by atoms with Crippen LogP contribution in [0.5, 0.6) is 0 Å². The van der Waals surface area contributed by atoms with E-state index in [4.69, 9.17) is 0 Å². The minimum Gasteiger partial charge on any atom is -0.298 e. The van der Waals surface area contributed by atoms with Crippen LogP contribution in [0.3, 0.4) is 0 Å². The van der Waals surface area contributed by atoms with Crippen molar-refractivity contribution in [2.75, 3.05) is 11.6 Å². The number of rotatable bonds is 3. The predicted octanol–water partition coefficient (Wildman–Crippen LogP) is 3.67. The number of nitrogens with one attached hydrogen (secondary N) is 1. The Kier molecular flexibility index (Phi) is 3.66. The normalized spacial score (nSPS) is 10.7. The molecule has 0 atom stereocenters. The first-order valence-corrected chi connectivity index (χ1v) is 7.97. The Labute approximate surface area is 124 Å². The quantitative estimate of drug-likeness (QED) is 0.750. The second-order valence-corrected chi connectivity index (χ2v) is 5.90. The second-order valence-electron chi connectivity index (χ2n) is 4.02. The third-order valence-electron chi connectivity index (χ3n) is 2.75. The van der Waals surface area contributed by atoms with E-state index in [0.29, 0.717) is 10.7 Å². The van der Waals surface area contributed by atoms with Gasteiger partial charge in [-0.3, -0.25) is 15.1 Å². The number of hydrogen-bond donors (Lipinski definition) is 1. The molecule has 0 fully saturated rings. The summed E-state index contributed by atoms with van der Waals surface area (Å²) in [6.45, 7) is 0. The summed E-state index contributed by atoms with van der Waals surface area (Å²) in [6.07, 6.45) is 5.19. The van der Waals surface area contributed by atoms with Crippen LogP contribution in [0.15, 0.2) is 47.6 Å². The largest absolute Gasteiger partial charge is 0.298 e.